The molecule has 1 atom stereocenters. The lowest BCUT2D eigenvalue weighted by molar-refractivity contribution is -0.133. The molecule has 0 saturated heterocycles. The van der Waals surface area contributed by atoms with Crippen LogP contribution in [0.25, 0.3) is 0 Å². The van der Waals surface area contributed by atoms with Crippen LogP contribution < -0.4 is 10.5 Å². The summed E-state index contributed by atoms with van der Waals surface area (Å²) in [6.45, 7) is 2.93. The number of hydrogen-bond donors (Lipinski definition) is 2. The Morgan fingerprint density at radius 2 is 1.92 bits per heavy atom. The van der Waals surface area contributed by atoms with E-state index in [1.807, 2.05) is 30.3 Å². The van der Waals surface area contributed by atoms with Crippen molar-refractivity contribution < 1.29 is 13.2 Å². The molecule has 0 aliphatic heterocycles. The largest absolute Gasteiger partial charge is 0.337 e. The number of nitrogens with zero attached hydrogens (tertiary/aromatic N) is 1. The third-order valence-corrected chi connectivity index (χ3v) is 6.56. The normalized spacial score (nSPS) is 12.2. The van der Waals surface area contributed by atoms with Gasteiger partial charge in [-0.1, -0.05) is 36.4 Å². The topological polar surface area (TPSA) is 92.5 Å². The van der Waals surface area contributed by atoms with E-state index in [4.69, 9.17) is 5.73 Å². The van der Waals surface area contributed by atoms with Crippen molar-refractivity contribution >= 4 is 39.7 Å². The van der Waals surface area contributed by atoms with Crippen LogP contribution in [0.15, 0.2) is 52.1 Å². The molecule has 1 unspecified atom stereocenters. The van der Waals surface area contributed by atoms with Crippen LogP contribution in [0, 0.1) is 0 Å². The van der Waals surface area contributed by atoms with E-state index < -0.39 is 16.1 Å². The molecule has 1 heterocycles. The van der Waals surface area contributed by atoms with Crippen LogP contribution in [-0.2, 0) is 21.4 Å². The van der Waals surface area contributed by atoms with Crippen molar-refractivity contribution in [3.63, 3.8) is 0 Å². The zero-order valence-corrected chi connectivity index (χ0v) is 16.9. The van der Waals surface area contributed by atoms with Crippen molar-refractivity contribution in [3.8, 4) is 0 Å². The van der Waals surface area contributed by atoms with E-state index in [0.29, 0.717) is 26.1 Å². The molecular weight excluding hydrogens is 394 g/mol. The zero-order valence-electron chi connectivity index (χ0n) is 14.5. The molecule has 144 valence electrons. The number of hydrogen-bond acceptors (Lipinski definition) is 5. The number of carbonyl (C=O) groups excluding carboxylic acids is 1. The summed E-state index contributed by atoms with van der Waals surface area (Å²) in [7, 11) is -3.69. The molecule has 9 heteroatoms. The minimum absolute atomic E-state index is 0. The summed E-state index contributed by atoms with van der Waals surface area (Å²) in [4.78, 5) is 14.4. The monoisotopic (exact) mass is 417 g/mol. The van der Waals surface area contributed by atoms with Crippen LogP contribution in [0.2, 0.25) is 0 Å². The fourth-order valence-electron chi connectivity index (χ4n) is 2.38. The summed E-state index contributed by atoms with van der Waals surface area (Å²) in [5.74, 6) is -0.266. The van der Waals surface area contributed by atoms with Crippen LogP contribution in [0.1, 0.15) is 18.9 Å². The lowest BCUT2D eigenvalue weighted by Gasteiger charge is -2.26. The first-order valence-corrected chi connectivity index (χ1v) is 10.4. The van der Waals surface area contributed by atoms with Gasteiger partial charge in [0.05, 0.1) is 6.04 Å². The first kappa shape index (κ1) is 22.6. The number of nitrogens with two attached hydrogens (primary N) is 1. The Labute approximate surface area is 164 Å². The van der Waals surface area contributed by atoms with Crippen molar-refractivity contribution in [2.45, 2.75) is 30.1 Å². The highest BCUT2D eigenvalue weighted by Gasteiger charge is 2.26. The molecule has 1 aromatic heterocycles. The molecule has 6 nitrogen and oxygen atoms in total. The minimum atomic E-state index is -3.69. The summed E-state index contributed by atoms with van der Waals surface area (Å²) in [5.41, 5.74) is 6.55. The summed E-state index contributed by atoms with van der Waals surface area (Å²) in [6.07, 6.45) is 0.656. The molecule has 0 aliphatic rings. The van der Waals surface area contributed by atoms with Gasteiger partial charge in [0.1, 0.15) is 4.21 Å². The van der Waals surface area contributed by atoms with E-state index >= 15 is 0 Å². The maximum Gasteiger partial charge on any atom is 0.250 e. The predicted octanol–water partition coefficient (Wildman–Crippen LogP) is 2.21. The lowest BCUT2D eigenvalue weighted by Crippen LogP contribution is -2.47. The van der Waals surface area contributed by atoms with Crippen molar-refractivity contribution in [2.24, 2.45) is 5.73 Å². The van der Waals surface area contributed by atoms with Gasteiger partial charge in [-0.15, -0.1) is 23.7 Å². The summed E-state index contributed by atoms with van der Waals surface area (Å²) in [6, 6.07) is 11.9. The van der Waals surface area contributed by atoms with E-state index in [-0.39, 0.29) is 22.5 Å². The molecule has 0 radical (unpaired) electrons. The molecule has 2 aromatic rings. The number of amides is 1. The highest BCUT2D eigenvalue weighted by molar-refractivity contribution is 7.91. The van der Waals surface area contributed by atoms with E-state index in [1.54, 1.807) is 23.3 Å². The number of benzene rings is 1. The molecule has 0 fully saturated rings. The molecular formula is C17H24ClN3O3S2. The van der Waals surface area contributed by atoms with Gasteiger partial charge in [0.15, 0.2) is 0 Å². The second-order valence-corrected chi connectivity index (χ2v) is 8.55. The first-order chi connectivity index (χ1) is 11.9. The van der Waals surface area contributed by atoms with Gasteiger partial charge >= 0.3 is 0 Å². The average Bonchev–Trinajstić information content (AvgIpc) is 3.14. The van der Waals surface area contributed by atoms with Crippen LogP contribution in [0.3, 0.4) is 0 Å². The fraction of sp³-hybridized carbons (Fsp3) is 0.353. The SMILES string of the molecule is CC(NS(=O)(=O)c1cccs1)C(=O)N(CCCN)Cc1ccccc1.Cl. The smallest absolute Gasteiger partial charge is 0.250 e. The van der Waals surface area contributed by atoms with Gasteiger partial charge in [0.2, 0.25) is 5.91 Å². The standard InChI is InChI=1S/C17H23N3O3S2.ClH/c1-14(19-25(22,23)16-9-5-12-24-16)17(21)20(11-6-10-18)13-15-7-3-2-4-8-15;/h2-5,7-9,12,14,19H,6,10-11,13,18H2,1H3;1H. The van der Waals surface area contributed by atoms with Gasteiger partial charge in [-0.3, -0.25) is 4.79 Å². The van der Waals surface area contributed by atoms with Crippen molar-refractivity contribution in [3.05, 3.63) is 53.4 Å². The van der Waals surface area contributed by atoms with E-state index in [9.17, 15) is 13.2 Å². The van der Waals surface area contributed by atoms with Crippen molar-refractivity contribution in [1.29, 1.82) is 0 Å². The Morgan fingerprint density at radius 3 is 2.50 bits per heavy atom. The van der Waals surface area contributed by atoms with Crippen LogP contribution in [0.4, 0.5) is 0 Å². The van der Waals surface area contributed by atoms with Gasteiger partial charge < -0.3 is 10.6 Å². The maximum atomic E-state index is 12.8. The Hall–Kier alpha value is -1.45. The third kappa shape index (κ3) is 6.37. The molecule has 0 aliphatic carbocycles. The summed E-state index contributed by atoms with van der Waals surface area (Å²) < 4.78 is 27.3. The molecule has 0 bridgehead atoms. The van der Waals surface area contributed by atoms with Gasteiger partial charge in [0, 0.05) is 13.1 Å². The number of nitrogens with one attached hydrogen (secondary N) is 1. The lowest BCUT2D eigenvalue weighted by atomic mass is 10.2. The van der Waals surface area contributed by atoms with E-state index in [1.165, 1.54) is 6.07 Å². The van der Waals surface area contributed by atoms with Gasteiger partial charge in [0.25, 0.3) is 10.0 Å². The molecule has 0 saturated carbocycles. The Balaban J connectivity index is 0.00000338. The molecule has 1 amide bonds. The highest BCUT2D eigenvalue weighted by Crippen LogP contribution is 2.16. The van der Waals surface area contributed by atoms with Gasteiger partial charge in [-0.25, -0.2) is 8.42 Å². The fourth-order valence-corrected chi connectivity index (χ4v) is 4.59. The maximum absolute atomic E-state index is 12.8. The quantitative estimate of drug-likeness (QED) is 0.654. The average molecular weight is 418 g/mol. The summed E-state index contributed by atoms with van der Waals surface area (Å²) >= 11 is 1.12. The second kappa shape index (κ2) is 10.6. The minimum Gasteiger partial charge on any atom is -0.337 e. The second-order valence-electron chi connectivity index (χ2n) is 5.66. The van der Waals surface area contributed by atoms with E-state index in [0.717, 1.165) is 16.9 Å². The van der Waals surface area contributed by atoms with Crippen LogP contribution in [-0.4, -0.2) is 38.4 Å². The zero-order chi connectivity index (χ0) is 18.3. The first-order valence-electron chi connectivity index (χ1n) is 8.02. The summed E-state index contributed by atoms with van der Waals surface area (Å²) in [5, 5.41) is 1.68. The number of rotatable bonds is 9. The molecule has 26 heavy (non-hydrogen) atoms. The van der Waals surface area contributed by atoms with Gasteiger partial charge in [-0.05, 0) is 36.9 Å². The van der Waals surface area contributed by atoms with Crippen LogP contribution in [0.5, 0.6) is 0 Å². The van der Waals surface area contributed by atoms with Crippen molar-refractivity contribution in [1.82, 2.24) is 9.62 Å². The van der Waals surface area contributed by atoms with Gasteiger partial charge in [-0.2, -0.15) is 4.72 Å². The number of halogens is 1. The highest BCUT2D eigenvalue weighted by atomic mass is 35.5. The Bertz CT molecular complexity index is 768. The Kier molecular flexibility index (Phi) is 9.24. The van der Waals surface area contributed by atoms with Crippen molar-refractivity contribution in [2.75, 3.05) is 13.1 Å². The Morgan fingerprint density at radius 1 is 1.23 bits per heavy atom. The van der Waals surface area contributed by atoms with Crippen LogP contribution >= 0.6 is 23.7 Å². The number of carbonyl (C=O) groups is 1. The molecule has 3 N–H and O–H groups in total. The molecule has 0 spiro atoms. The van der Waals surface area contributed by atoms with E-state index in [2.05, 4.69) is 4.72 Å². The number of sulfonamides is 1. The molecule has 2 rings (SSSR count). The third-order valence-electron chi connectivity index (χ3n) is 3.62. The molecule has 1 aromatic carbocycles. The predicted molar refractivity (Wildman–Crippen MR) is 107 cm³/mol. The number of thiophene rings is 1.